The summed E-state index contributed by atoms with van der Waals surface area (Å²) < 4.78 is 12.8. The Morgan fingerprint density at radius 1 is 1.00 bits per heavy atom. The van der Waals surface area contributed by atoms with Gasteiger partial charge in [-0.25, -0.2) is 4.68 Å². The Morgan fingerprint density at radius 3 is 2.69 bits per heavy atom. The van der Waals surface area contributed by atoms with Gasteiger partial charge in [0.05, 0.1) is 18.6 Å². The third-order valence-corrected chi connectivity index (χ3v) is 6.78. The van der Waals surface area contributed by atoms with Gasteiger partial charge in [0.15, 0.2) is 17.3 Å². The molecule has 0 radical (unpaired) electrons. The highest BCUT2D eigenvalue weighted by molar-refractivity contribution is 7.09. The van der Waals surface area contributed by atoms with E-state index in [1.807, 2.05) is 47.1 Å². The van der Waals surface area contributed by atoms with Crippen molar-refractivity contribution >= 4 is 22.2 Å². The Hall–Kier alpha value is -4.02. The molecule has 10 heteroatoms. The summed E-state index contributed by atoms with van der Waals surface area (Å²) in [6.45, 7) is 2.38. The Balaban J connectivity index is 1.29. The molecule has 0 aliphatic carbocycles. The van der Waals surface area contributed by atoms with Crippen molar-refractivity contribution in [3.8, 4) is 11.5 Å². The fraction of sp³-hybridized carbons (Fsp3) is 0.200. The molecule has 1 N–H and O–H groups in total. The standard InChI is InChI=1S/C25H22N6O3S/c32-25-19(9-18-10-22-23(34-16-33-22)11-21(18)26-25)13-30(14-20-7-4-8-35-20)15-24-27-28-29-31(24)12-17-5-2-1-3-6-17/h1-11H,12-16H2,(H,26,32). The SMILES string of the molecule is O=c1[nH]c2cc3c(cc2cc1CN(Cc1cccs1)Cc1nnnn1Cc1ccccc1)OCO3. The molecular formula is C25H22N6O3S. The van der Waals surface area contributed by atoms with Gasteiger partial charge in [0.2, 0.25) is 6.79 Å². The van der Waals surface area contributed by atoms with E-state index in [0.29, 0.717) is 43.2 Å². The van der Waals surface area contributed by atoms with Crippen LogP contribution in [0, 0.1) is 0 Å². The van der Waals surface area contributed by atoms with Crippen molar-refractivity contribution in [2.24, 2.45) is 0 Å². The van der Waals surface area contributed by atoms with Gasteiger partial charge >= 0.3 is 0 Å². The lowest BCUT2D eigenvalue weighted by atomic mass is 10.1. The summed E-state index contributed by atoms with van der Waals surface area (Å²) >= 11 is 1.68. The monoisotopic (exact) mass is 486 g/mol. The van der Waals surface area contributed by atoms with Crippen LogP contribution in [0.5, 0.6) is 11.5 Å². The molecule has 2 aromatic carbocycles. The average molecular weight is 487 g/mol. The van der Waals surface area contributed by atoms with Gasteiger partial charge in [-0.05, 0) is 39.6 Å². The molecule has 0 amide bonds. The number of fused-ring (bicyclic) bond motifs is 2. The zero-order valence-electron chi connectivity index (χ0n) is 18.8. The van der Waals surface area contributed by atoms with E-state index in [1.165, 1.54) is 4.88 Å². The van der Waals surface area contributed by atoms with Gasteiger partial charge in [-0.1, -0.05) is 36.4 Å². The van der Waals surface area contributed by atoms with E-state index < -0.39 is 0 Å². The Bertz CT molecular complexity index is 1510. The molecule has 4 heterocycles. The van der Waals surface area contributed by atoms with Gasteiger partial charge in [0, 0.05) is 35.0 Å². The summed E-state index contributed by atoms with van der Waals surface area (Å²) in [6.07, 6.45) is 0. The van der Waals surface area contributed by atoms with Crippen molar-refractivity contribution in [3.63, 3.8) is 0 Å². The predicted molar refractivity (Wildman–Crippen MR) is 131 cm³/mol. The quantitative estimate of drug-likeness (QED) is 0.358. The minimum absolute atomic E-state index is 0.128. The highest BCUT2D eigenvalue weighted by Gasteiger charge is 2.18. The number of pyridine rings is 1. The number of rotatable bonds is 8. The molecule has 0 bridgehead atoms. The normalized spacial score (nSPS) is 12.6. The second-order valence-corrected chi connectivity index (χ2v) is 9.41. The van der Waals surface area contributed by atoms with E-state index in [2.05, 4.69) is 49.0 Å². The maximum absolute atomic E-state index is 13.0. The van der Waals surface area contributed by atoms with E-state index in [9.17, 15) is 4.79 Å². The molecule has 1 aliphatic heterocycles. The molecule has 0 atom stereocenters. The number of nitrogens with one attached hydrogen (secondary N) is 1. The van der Waals surface area contributed by atoms with Gasteiger partial charge in [-0.15, -0.1) is 16.4 Å². The molecule has 1 aliphatic rings. The van der Waals surface area contributed by atoms with Crippen LogP contribution in [0.4, 0.5) is 0 Å². The highest BCUT2D eigenvalue weighted by atomic mass is 32.1. The molecule has 3 aromatic heterocycles. The van der Waals surface area contributed by atoms with Crippen LogP contribution in [0.15, 0.2) is 70.8 Å². The lowest BCUT2D eigenvalue weighted by Gasteiger charge is -2.21. The van der Waals surface area contributed by atoms with Crippen LogP contribution in [0.25, 0.3) is 10.9 Å². The van der Waals surface area contributed by atoms with Gasteiger partial charge in [0.25, 0.3) is 5.56 Å². The van der Waals surface area contributed by atoms with Crippen LogP contribution in [0.1, 0.15) is 21.8 Å². The maximum Gasteiger partial charge on any atom is 0.252 e. The Kier molecular flexibility index (Phi) is 5.73. The number of tetrazole rings is 1. The van der Waals surface area contributed by atoms with E-state index in [4.69, 9.17) is 9.47 Å². The Morgan fingerprint density at radius 2 is 1.86 bits per heavy atom. The zero-order chi connectivity index (χ0) is 23.6. The summed E-state index contributed by atoms with van der Waals surface area (Å²) in [7, 11) is 0. The van der Waals surface area contributed by atoms with Gasteiger partial charge in [-0.3, -0.25) is 9.69 Å². The van der Waals surface area contributed by atoms with Gasteiger partial charge in [-0.2, -0.15) is 0 Å². The molecule has 0 spiro atoms. The minimum Gasteiger partial charge on any atom is -0.454 e. The molecule has 5 aromatic rings. The van der Waals surface area contributed by atoms with E-state index in [1.54, 1.807) is 11.3 Å². The number of ether oxygens (including phenoxy) is 2. The molecule has 176 valence electrons. The van der Waals surface area contributed by atoms with Crippen LogP contribution in [-0.4, -0.2) is 36.9 Å². The molecule has 0 saturated carbocycles. The summed E-state index contributed by atoms with van der Waals surface area (Å²) in [6, 6.07) is 19.8. The van der Waals surface area contributed by atoms with Crippen molar-refractivity contribution < 1.29 is 9.47 Å². The number of thiophene rings is 1. The fourth-order valence-electron chi connectivity index (χ4n) is 4.21. The molecule has 0 unspecified atom stereocenters. The predicted octanol–water partition coefficient (Wildman–Crippen LogP) is 3.56. The van der Waals surface area contributed by atoms with Crippen molar-refractivity contribution in [1.82, 2.24) is 30.1 Å². The second kappa shape index (κ2) is 9.32. The van der Waals surface area contributed by atoms with Crippen LogP contribution >= 0.6 is 11.3 Å². The first kappa shape index (κ1) is 21.5. The third kappa shape index (κ3) is 4.66. The Labute approximate surface area is 204 Å². The number of aromatic nitrogens is 5. The first-order valence-corrected chi connectivity index (χ1v) is 12.1. The van der Waals surface area contributed by atoms with Gasteiger partial charge < -0.3 is 14.5 Å². The van der Waals surface area contributed by atoms with Crippen molar-refractivity contribution in [1.29, 1.82) is 0 Å². The number of H-pyrrole nitrogens is 1. The minimum atomic E-state index is -0.128. The largest absolute Gasteiger partial charge is 0.454 e. The topological polar surface area (TPSA) is 98.2 Å². The maximum atomic E-state index is 13.0. The number of nitrogens with zero attached hydrogens (tertiary/aromatic N) is 5. The number of benzene rings is 2. The summed E-state index contributed by atoms with van der Waals surface area (Å²) in [5.74, 6) is 2.07. The van der Waals surface area contributed by atoms with Crippen LogP contribution < -0.4 is 15.0 Å². The number of hydrogen-bond acceptors (Lipinski definition) is 8. The first-order chi connectivity index (χ1) is 17.2. The summed E-state index contributed by atoms with van der Waals surface area (Å²) in [5, 5.41) is 15.3. The van der Waals surface area contributed by atoms with Crippen LogP contribution in [0.2, 0.25) is 0 Å². The fourth-order valence-corrected chi connectivity index (χ4v) is 4.95. The number of hydrogen-bond donors (Lipinski definition) is 1. The smallest absolute Gasteiger partial charge is 0.252 e. The van der Waals surface area contributed by atoms with E-state index in [-0.39, 0.29) is 12.4 Å². The molecular weight excluding hydrogens is 464 g/mol. The lowest BCUT2D eigenvalue weighted by Crippen LogP contribution is -2.27. The molecule has 9 nitrogen and oxygen atoms in total. The van der Waals surface area contributed by atoms with Crippen molar-refractivity contribution in [2.45, 2.75) is 26.2 Å². The van der Waals surface area contributed by atoms with Crippen molar-refractivity contribution in [2.75, 3.05) is 6.79 Å². The molecule has 35 heavy (non-hydrogen) atoms. The summed E-state index contributed by atoms with van der Waals surface area (Å²) in [5.41, 5.74) is 2.38. The molecule has 0 saturated heterocycles. The average Bonchev–Trinajstić information content (AvgIpc) is 3.62. The first-order valence-electron chi connectivity index (χ1n) is 11.2. The lowest BCUT2D eigenvalue weighted by molar-refractivity contribution is 0.174. The van der Waals surface area contributed by atoms with E-state index >= 15 is 0 Å². The zero-order valence-corrected chi connectivity index (χ0v) is 19.6. The second-order valence-electron chi connectivity index (χ2n) is 8.38. The van der Waals surface area contributed by atoms with Crippen LogP contribution in [0.3, 0.4) is 0 Å². The van der Waals surface area contributed by atoms with Crippen molar-refractivity contribution in [3.05, 3.63) is 98.2 Å². The molecule has 0 fully saturated rings. The molecule has 6 rings (SSSR count). The van der Waals surface area contributed by atoms with Gasteiger partial charge in [0.1, 0.15) is 0 Å². The summed E-state index contributed by atoms with van der Waals surface area (Å²) in [4.78, 5) is 19.4. The van der Waals surface area contributed by atoms with Crippen LogP contribution in [-0.2, 0) is 26.2 Å². The third-order valence-electron chi connectivity index (χ3n) is 5.91. The number of aromatic amines is 1. The van der Waals surface area contributed by atoms with E-state index in [0.717, 1.165) is 22.3 Å². The highest BCUT2D eigenvalue weighted by Crippen LogP contribution is 2.35.